The summed E-state index contributed by atoms with van der Waals surface area (Å²) >= 11 is 0. The van der Waals surface area contributed by atoms with Crippen LogP contribution < -0.4 is 4.74 Å². The maximum atomic E-state index is 13.2. The van der Waals surface area contributed by atoms with E-state index in [4.69, 9.17) is 9.47 Å². The Bertz CT molecular complexity index is 871. The molecule has 25 heavy (non-hydrogen) atoms. The molecule has 128 valence electrons. The number of halogens is 1. The summed E-state index contributed by atoms with van der Waals surface area (Å²) in [5.41, 5.74) is 2.66. The van der Waals surface area contributed by atoms with Crippen LogP contribution in [0.25, 0.3) is 11.3 Å². The molecule has 0 amide bonds. The molecule has 3 aromatic rings. The first-order chi connectivity index (χ1) is 12.1. The number of ether oxygens (including phenoxy) is 2. The summed E-state index contributed by atoms with van der Waals surface area (Å²) < 4.78 is 24.8. The van der Waals surface area contributed by atoms with E-state index in [0.29, 0.717) is 12.2 Å². The molecular weight excluding hydrogens is 323 g/mol. The Kier molecular flexibility index (Phi) is 4.79. The standard InChI is InChI=1S/C19H17FN2O3/c1-24-16-9-3-13(4-10-16)12-22-18(11-17(21-22)19(23)25-2)14-5-7-15(20)8-6-14/h3-11H,12H2,1-2H3. The topological polar surface area (TPSA) is 53.4 Å². The molecule has 3 rings (SSSR count). The van der Waals surface area contributed by atoms with Crippen molar-refractivity contribution >= 4 is 5.97 Å². The second kappa shape index (κ2) is 7.17. The predicted molar refractivity (Wildman–Crippen MR) is 91.1 cm³/mol. The van der Waals surface area contributed by atoms with Crippen molar-refractivity contribution in [2.45, 2.75) is 6.54 Å². The molecular formula is C19H17FN2O3. The zero-order valence-corrected chi connectivity index (χ0v) is 13.9. The number of rotatable bonds is 5. The van der Waals surface area contributed by atoms with Gasteiger partial charge in [-0.2, -0.15) is 5.10 Å². The van der Waals surface area contributed by atoms with Crippen molar-refractivity contribution in [2.24, 2.45) is 0 Å². The second-order valence-electron chi connectivity index (χ2n) is 5.42. The van der Waals surface area contributed by atoms with Crippen LogP contribution in [0.4, 0.5) is 4.39 Å². The van der Waals surface area contributed by atoms with Crippen molar-refractivity contribution in [1.82, 2.24) is 9.78 Å². The van der Waals surface area contributed by atoms with E-state index in [1.54, 1.807) is 30.0 Å². The van der Waals surface area contributed by atoms with E-state index in [-0.39, 0.29) is 11.5 Å². The Hall–Kier alpha value is -3.15. The van der Waals surface area contributed by atoms with Crippen LogP contribution in [0.2, 0.25) is 0 Å². The Morgan fingerprint density at radius 2 is 1.76 bits per heavy atom. The van der Waals surface area contributed by atoms with E-state index in [1.807, 2.05) is 24.3 Å². The van der Waals surface area contributed by atoms with Crippen molar-refractivity contribution in [3.63, 3.8) is 0 Å². The van der Waals surface area contributed by atoms with Gasteiger partial charge in [-0.25, -0.2) is 9.18 Å². The molecule has 1 aromatic heterocycles. The normalized spacial score (nSPS) is 10.5. The van der Waals surface area contributed by atoms with Gasteiger partial charge in [0.25, 0.3) is 0 Å². The number of hydrogen-bond donors (Lipinski definition) is 0. The van der Waals surface area contributed by atoms with Crippen LogP contribution in [-0.2, 0) is 11.3 Å². The number of benzene rings is 2. The van der Waals surface area contributed by atoms with E-state index in [0.717, 1.165) is 16.9 Å². The third-order valence-electron chi connectivity index (χ3n) is 3.81. The van der Waals surface area contributed by atoms with Gasteiger partial charge in [0.15, 0.2) is 5.69 Å². The lowest BCUT2D eigenvalue weighted by Gasteiger charge is -2.08. The third-order valence-corrected chi connectivity index (χ3v) is 3.81. The van der Waals surface area contributed by atoms with E-state index in [2.05, 4.69) is 5.10 Å². The highest BCUT2D eigenvalue weighted by Gasteiger charge is 2.16. The fourth-order valence-corrected chi connectivity index (χ4v) is 2.50. The number of hydrogen-bond acceptors (Lipinski definition) is 4. The summed E-state index contributed by atoms with van der Waals surface area (Å²) in [6, 6.07) is 15.3. The van der Waals surface area contributed by atoms with E-state index < -0.39 is 5.97 Å². The molecule has 0 fully saturated rings. The molecule has 0 spiro atoms. The third kappa shape index (κ3) is 3.68. The predicted octanol–water partition coefficient (Wildman–Crippen LogP) is 3.53. The largest absolute Gasteiger partial charge is 0.497 e. The molecule has 0 radical (unpaired) electrons. The van der Waals surface area contributed by atoms with E-state index in [9.17, 15) is 9.18 Å². The van der Waals surface area contributed by atoms with Crippen molar-refractivity contribution < 1.29 is 18.7 Å². The highest BCUT2D eigenvalue weighted by atomic mass is 19.1. The number of methoxy groups -OCH3 is 2. The molecule has 0 N–H and O–H groups in total. The highest BCUT2D eigenvalue weighted by molar-refractivity contribution is 5.88. The summed E-state index contributed by atoms with van der Waals surface area (Å²) in [5, 5.41) is 4.33. The quantitative estimate of drug-likeness (QED) is 0.667. The molecule has 0 atom stereocenters. The van der Waals surface area contributed by atoms with Crippen LogP contribution in [0.3, 0.4) is 0 Å². The lowest BCUT2D eigenvalue weighted by molar-refractivity contribution is 0.0593. The molecule has 0 bridgehead atoms. The van der Waals surface area contributed by atoms with Crippen LogP contribution in [0.5, 0.6) is 5.75 Å². The van der Waals surface area contributed by atoms with Gasteiger partial charge in [-0.3, -0.25) is 4.68 Å². The smallest absolute Gasteiger partial charge is 0.358 e. The summed E-state index contributed by atoms with van der Waals surface area (Å²) in [4.78, 5) is 11.8. The molecule has 1 heterocycles. The van der Waals surface area contributed by atoms with Crippen molar-refractivity contribution in [2.75, 3.05) is 14.2 Å². The van der Waals surface area contributed by atoms with Gasteiger partial charge in [0.2, 0.25) is 0 Å². The number of carbonyl (C=O) groups excluding carboxylic acids is 1. The van der Waals surface area contributed by atoms with Crippen molar-refractivity contribution in [1.29, 1.82) is 0 Å². The minimum atomic E-state index is -0.517. The number of nitrogens with zero attached hydrogens (tertiary/aromatic N) is 2. The molecule has 0 saturated heterocycles. The molecule has 0 saturated carbocycles. The van der Waals surface area contributed by atoms with Crippen LogP contribution in [-0.4, -0.2) is 30.0 Å². The van der Waals surface area contributed by atoms with Crippen molar-refractivity contribution in [3.8, 4) is 17.0 Å². The average Bonchev–Trinajstić information content (AvgIpc) is 3.06. The van der Waals surface area contributed by atoms with Crippen LogP contribution in [0.1, 0.15) is 16.1 Å². The number of aromatic nitrogens is 2. The fourth-order valence-electron chi connectivity index (χ4n) is 2.50. The Balaban J connectivity index is 1.99. The molecule has 0 aliphatic heterocycles. The monoisotopic (exact) mass is 340 g/mol. The number of esters is 1. The van der Waals surface area contributed by atoms with Crippen LogP contribution >= 0.6 is 0 Å². The van der Waals surface area contributed by atoms with Gasteiger partial charge < -0.3 is 9.47 Å². The van der Waals surface area contributed by atoms with E-state index in [1.165, 1.54) is 19.2 Å². The molecule has 0 aliphatic rings. The molecule has 6 heteroatoms. The first-order valence-corrected chi connectivity index (χ1v) is 7.65. The van der Waals surface area contributed by atoms with Crippen molar-refractivity contribution in [3.05, 3.63) is 71.7 Å². The number of carbonyl (C=O) groups is 1. The first-order valence-electron chi connectivity index (χ1n) is 7.65. The first kappa shape index (κ1) is 16.7. The summed E-state index contributed by atoms with van der Waals surface area (Å²) in [7, 11) is 2.92. The maximum absolute atomic E-state index is 13.2. The lowest BCUT2D eigenvalue weighted by Crippen LogP contribution is -2.07. The van der Waals surface area contributed by atoms with Crippen LogP contribution in [0, 0.1) is 5.82 Å². The Labute approximate surface area is 144 Å². The highest BCUT2D eigenvalue weighted by Crippen LogP contribution is 2.23. The van der Waals surface area contributed by atoms with Gasteiger partial charge >= 0.3 is 5.97 Å². The second-order valence-corrected chi connectivity index (χ2v) is 5.42. The van der Waals surface area contributed by atoms with Gasteiger partial charge in [-0.05, 0) is 48.0 Å². The Morgan fingerprint density at radius 3 is 2.36 bits per heavy atom. The zero-order chi connectivity index (χ0) is 17.8. The summed E-state index contributed by atoms with van der Waals surface area (Å²) in [6.45, 7) is 0.452. The zero-order valence-electron chi connectivity index (χ0n) is 13.9. The van der Waals surface area contributed by atoms with E-state index >= 15 is 0 Å². The fraction of sp³-hybridized carbons (Fsp3) is 0.158. The van der Waals surface area contributed by atoms with Gasteiger partial charge in [0, 0.05) is 5.56 Å². The SMILES string of the molecule is COC(=O)c1cc(-c2ccc(F)cc2)n(Cc2ccc(OC)cc2)n1. The average molecular weight is 340 g/mol. The lowest BCUT2D eigenvalue weighted by atomic mass is 10.1. The molecule has 2 aromatic carbocycles. The Morgan fingerprint density at radius 1 is 1.08 bits per heavy atom. The minimum Gasteiger partial charge on any atom is -0.497 e. The molecule has 0 unspecified atom stereocenters. The maximum Gasteiger partial charge on any atom is 0.358 e. The minimum absolute atomic E-state index is 0.204. The van der Waals surface area contributed by atoms with Gasteiger partial charge in [0.1, 0.15) is 11.6 Å². The van der Waals surface area contributed by atoms with Crippen LogP contribution in [0.15, 0.2) is 54.6 Å². The molecule has 5 nitrogen and oxygen atoms in total. The summed E-state index contributed by atoms with van der Waals surface area (Å²) in [5.74, 6) is -0.0757. The van der Waals surface area contributed by atoms with Gasteiger partial charge in [0.05, 0.1) is 26.5 Å². The summed E-state index contributed by atoms with van der Waals surface area (Å²) in [6.07, 6.45) is 0. The van der Waals surface area contributed by atoms with Gasteiger partial charge in [-0.1, -0.05) is 12.1 Å². The molecule has 0 aliphatic carbocycles. The van der Waals surface area contributed by atoms with Gasteiger partial charge in [-0.15, -0.1) is 0 Å².